The molecule has 10 nitrogen and oxygen atoms in total. The summed E-state index contributed by atoms with van der Waals surface area (Å²) in [4.78, 5) is 67.3. The maximum atomic E-state index is 14.8. The Kier molecular flexibility index (Phi) is 9.03. The summed E-state index contributed by atoms with van der Waals surface area (Å²) in [5, 5.41) is 5.16. The zero-order chi connectivity index (χ0) is 31.4. The average Bonchev–Trinajstić information content (AvgIpc) is 3.66. The van der Waals surface area contributed by atoms with E-state index in [1.54, 1.807) is 66.4 Å². The number of urea groups is 1. The van der Waals surface area contributed by atoms with Crippen LogP contribution in [0.15, 0.2) is 72.8 Å². The minimum Gasteiger partial charge on any atom is -0.484 e. The summed E-state index contributed by atoms with van der Waals surface area (Å²) in [7, 11) is 0. The number of nitrogens with one attached hydrogen (secondary N) is 2. The molecule has 0 bridgehead atoms. The van der Waals surface area contributed by atoms with Gasteiger partial charge in [-0.2, -0.15) is 0 Å². The number of hydrogen-bond donors (Lipinski definition) is 2. The van der Waals surface area contributed by atoms with Crippen molar-refractivity contribution >= 4 is 35.2 Å². The topological polar surface area (TPSA) is 125 Å². The van der Waals surface area contributed by atoms with E-state index in [9.17, 15) is 28.4 Å². The van der Waals surface area contributed by atoms with Gasteiger partial charge in [0.2, 0.25) is 5.91 Å². The van der Waals surface area contributed by atoms with Crippen molar-refractivity contribution in [3.63, 3.8) is 0 Å². The number of nitrogens with zero attached hydrogens (tertiary/aromatic N) is 2. The summed E-state index contributed by atoms with van der Waals surface area (Å²) in [5.41, 5.74) is 1.10. The molecular weight excluding hydrogens is 567 g/mol. The van der Waals surface area contributed by atoms with Crippen LogP contribution in [0.3, 0.4) is 0 Å². The van der Waals surface area contributed by atoms with Crippen molar-refractivity contribution < 1.29 is 33.1 Å². The maximum absolute atomic E-state index is 14.8. The number of ketones is 1. The number of amides is 5. The summed E-state index contributed by atoms with van der Waals surface area (Å²) in [6.45, 7) is 4.36. The highest BCUT2D eigenvalue weighted by Crippen LogP contribution is 2.32. The van der Waals surface area contributed by atoms with Crippen LogP contribution in [0.4, 0.5) is 14.9 Å². The van der Waals surface area contributed by atoms with Gasteiger partial charge in [0.25, 0.3) is 11.8 Å². The van der Waals surface area contributed by atoms with Gasteiger partial charge in [-0.15, -0.1) is 0 Å². The molecule has 5 rings (SSSR count). The fourth-order valence-corrected chi connectivity index (χ4v) is 5.49. The fourth-order valence-electron chi connectivity index (χ4n) is 5.49. The van der Waals surface area contributed by atoms with Crippen LogP contribution >= 0.6 is 0 Å². The van der Waals surface area contributed by atoms with Gasteiger partial charge in [-0.25, -0.2) is 14.1 Å². The zero-order valence-electron chi connectivity index (χ0n) is 24.4. The first-order valence-corrected chi connectivity index (χ1v) is 14.4. The molecular formula is C33H33FN4O6. The minimum atomic E-state index is -1.33. The lowest BCUT2D eigenvalue weighted by atomic mass is 9.91. The van der Waals surface area contributed by atoms with Crippen LogP contribution in [0.5, 0.6) is 5.75 Å². The Morgan fingerprint density at radius 2 is 1.68 bits per heavy atom. The summed E-state index contributed by atoms with van der Waals surface area (Å²) in [6, 6.07) is 15.8. The van der Waals surface area contributed by atoms with Gasteiger partial charge < -0.3 is 20.3 Å². The van der Waals surface area contributed by atoms with E-state index in [1.807, 2.05) is 0 Å². The Hall–Kier alpha value is -5.06. The molecule has 228 valence electrons. The van der Waals surface area contributed by atoms with Crippen molar-refractivity contribution in [2.75, 3.05) is 25.0 Å². The van der Waals surface area contributed by atoms with Gasteiger partial charge in [-0.1, -0.05) is 49.4 Å². The van der Waals surface area contributed by atoms with E-state index in [4.69, 9.17) is 4.74 Å². The quantitative estimate of drug-likeness (QED) is 0.262. The molecule has 2 saturated heterocycles. The van der Waals surface area contributed by atoms with Crippen LogP contribution in [-0.2, 0) is 14.4 Å². The van der Waals surface area contributed by atoms with Crippen LogP contribution in [0.25, 0.3) is 0 Å². The van der Waals surface area contributed by atoms with Gasteiger partial charge in [0, 0.05) is 24.6 Å². The van der Waals surface area contributed by atoms with Crippen LogP contribution in [-0.4, -0.2) is 65.1 Å². The second-order valence-corrected chi connectivity index (χ2v) is 10.9. The Balaban J connectivity index is 1.35. The van der Waals surface area contributed by atoms with E-state index < -0.39 is 41.7 Å². The molecule has 0 aliphatic carbocycles. The molecule has 2 fully saturated rings. The predicted octanol–water partition coefficient (Wildman–Crippen LogP) is 4.43. The minimum absolute atomic E-state index is 0.0908. The number of anilines is 1. The third-order valence-corrected chi connectivity index (χ3v) is 7.98. The van der Waals surface area contributed by atoms with Crippen molar-refractivity contribution in [3.8, 4) is 5.75 Å². The molecule has 0 radical (unpaired) electrons. The molecule has 2 aliphatic heterocycles. The summed E-state index contributed by atoms with van der Waals surface area (Å²) in [6.07, 6.45) is 1.96. The third-order valence-electron chi connectivity index (χ3n) is 7.98. The smallest absolute Gasteiger partial charge is 0.325 e. The fraction of sp³-hybridized carbons (Fsp3) is 0.303. The number of carbonyl (C=O) groups excluding carboxylic acids is 5. The van der Waals surface area contributed by atoms with Crippen LogP contribution < -0.4 is 15.4 Å². The molecule has 0 saturated carbocycles. The Morgan fingerprint density at radius 1 is 1.00 bits per heavy atom. The van der Waals surface area contributed by atoms with Crippen molar-refractivity contribution in [1.82, 2.24) is 15.1 Å². The molecule has 0 spiro atoms. The van der Waals surface area contributed by atoms with Crippen LogP contribution in [0.1, 0.15) is 60.1 Å². The van der Waals surface area contributed by atoms with Gasteiger partial charge in [-0.05, 0) is 61.2 Å². The molecule has 44 heavy (non-hydrogen) atoms. The Bertz CT molecular complexity index is 1570. The molecule has 5 amide bonds. The number of ether oxygens (including phenoxy) is 1. The molecule has 3 atom stereocenters. The van der Waals surface area contributed by atoms with E-state index in [2.05, 4.69) is 10.6 Å². The number of rotatable bonds is 10. The molecule has 11 heteroatoms. The monoisotopic (exact) mass is 600 g/mol. The lowest BCUT2D eigenvalue weighted by Gasteiger charge is -2.30. The Labute approximate surface area is 254 Å². The molecule has 2 N–H and O–H groups in total. The zero-order valence-corrected chi connectivity index (χ0v) is 24.4. The van der Waals surface area contributed by atoms with Crippen molar-refractivity contribution in [3.05, 3.63) is 95.3 Å². The highest BCUT2D eigenvalue weighted by atomic mass is 19.1. The highest BCUT2D eigenvalue weighted by molar-refractivity contribution is 6.10. The number of carbonyl (C=O) groups is 5. The number of likely N-dealkylation sites (tertiary alicyclic amines) is 1. The van der Waals surface area contributed by atoms with E-state index in [1.165, 1.54) is 19.1 Å². The summed E-state index contributed by atoms with van der Waals surface area (Å²) in [5.74, 6) is -2.90. The first-order valence-electron chi connectivity index (χ1n) is 14.4. The largest absolute Gasteiger partial charge is 0.484 e. The lowest BCUT2D eigenvalue weighted by molar-refractivity contribution is -0.134. The van der Waals surface area contributed by atoms with Gasteiger partial charge in [0.05, 0.1) is 5.69 Å². The number of halogens is 1. The van der Waals surface area contributed by atoms with E-state index in [0.717, 1.165) is 36.9 Å². The third kappa shape index (κ3) is 6.46. The number of benzene rings is 3. The molecule has 2 aliphatic rings. The lowest BCUT2D eigenvalue weighted by Crippen LogP contribution is -2.50. The van der Waals surface area contributed by atoms with Gasteiger partial charge in [0.1, 0.15) is 23.7 Å². The van der Waals surface area contributed by atoms with Gasteiger partial charge in [-0.3, -0.25) is 19.2 Å². The normalized spacial score (nSPS) is 17.7. The van der Waals surface area contributed by atoms with Crippen LogP contribution in [0.2, 0.25) is 0 Å². The second kappa shape index (κ2) is 13.1. The van der Waals surface area contributed by atoms with E-state index in [0.29, 0.717) is 16.9 Å². The van der Waals surface area contributed by atoms with E-state index in [-0.39, 0.29) is 29.5 Å². The first kappa shape index (κ1) is 30.4. The van der Waals surface area contributed by atoms with E-state index >= 15 is 0 Å². The van der Waals surface area contributed by atoms with Crippen molar-refractivity contribution in [1.29, 1.82) is 0 Å². The predicted molar refractivity (Wildman–Crippen MR) is 160 cm³/mol. The average molecular weight is 601 g/mol. The van der Waals surface area contributed by atoms with Gasteiger partial charge >= 0.3 is 6.03 Å². The first-order chi connectivity index (χ1) is 21.1. The SMILES string of the molecule is CC(=O)c1ccc(NC(=O)[C@H]([C@@H](C)c2ccccc2)N2C(=O)N[C@H](c3ccc(OCC(=O)N4CCCC4)cc3)C2=O)c(F)c1. The molecule has 3 aromatic rings. The summed E-state index contributed by atoms with van der Waals surface area (Å²) >= 11 is 0. The number of Topliss-reactive ketones (excluding diaryl/α,β-unsaturated/α-hetero) is 1. The van der Waals surface area contributed by atoms with Crippen molar-refractivity contribution in [2.24, 2.45) is 0 Å². The van der Waals surface area contributed by atoms with Crippen molar-refractivity contribution in [2.45, 2.75) is 44.7 Å². The molecule has 3 aromatic carbocycles. The highest BCUT2D eigenvalue weighted by Gasteiger charge is 2.47. The number of imide groups is 1. The summed E-state index contributed by atoms with van der Waals surface area (Å²) < 4.78 is 20.5. The Morgan fingerprint density at radius 3 is 2.32 bits per heavy atom. The maximum Gasteiger partial charge on any atom is 0.325 e. The number of hydrogen-bond acceptors (Lipinski definition) is 6. The van der Waals surface area contributed by atoms with Crippen LogP contribution in [0, 0.1) is 5.82 Å². The molecule has 0 unspecified atom stereocenters. The molecule has 0 aromatic heterocycles. The second-order valence-electron chi connectivity index (χ2n) is 10.9. The standard InChI is InChI=1S/C33H33FN4O6/c1-20(22-8-4-3-5-9-22)30(31(41)35-27-15-12-24(21(2)39)18-26(27)34)38-32(42)29(36-33(38)43)23-10-13-25(14-11-23)44-19-28(40)37-16-6-7-17-37/h3-5,8-15,18,20,29-30H,6-7,16-17,19H2,1-2H3,(H,35,41)(H,36,43)/t20-,29+,30-/m0/s1. The molecule has 2 heterocycles. The van der Waals surface area contributed by atoms with Gasteiger partial charge in [0.15, 0.2) is 12.4 Å².